The molecule has 1 heterocycles. The first-order chi connectivity index (χ1) is 13.0. The zero-order valence-electron chi connectivity index (χ0n) is 15.0. The average Bonchev–Trinajstić information content (AvgIpc) is 2.68. The van der Waals surface area contributed by atoms with E-state index in [1.54, 1.807) is 0 Å². The quantitative estimate of drug-likeness (QED) is 0.824. The number of carbonyl (C=O) groups excluding carboxylic acids is 1. The van der Waals surface area contributed by atoms with Crippen molar-refractivity contribution in [1.29, 1.82) is 0 Å². The second-order valence-electron chi connectivity index (χ2n) is 6.69. The molecule has 1 saturated heterocycles. The number of sulfonamides is 1. The Balaban J connectivity index is 1.67. The van der Waals surface area contributed by atoms with Crippen LogP contribution in [0.25, 0.3) is 0 Å². The van der Waals surface area contributed by atoms with Crippen LogP contribution in [0, 0.1) is 5.82 Å². The lowest BCUT2D eigenvalue weighted by molar-refractivity contribution is -0.122. The number of nitrogens with one attached hydrogen (secondary N) is 1. The molecule has 3 rings (SSSR count). The molecule has 1 unspecified atom stereocenters. The molecule has 1 aliphatic heterocycles. The van der Waals surface area contributed by atoms with Crippen LogP contribution in [0.3, 0.4) is 0 Å². The minimum atomic E-state index is -3.75. The van der Waals surface area contributed by atoms with E-state index in [-0.39, 0.29) is 23.3 Å². The maximum atomic E-state index is 13.1. The fourth-order valence-corrected chi connectivity index (χ4v) is 5.01. The lowest BCUT2D eigenvalue weighted by atomic mass is 10.0. The smallest absolute Gasteiger partial charge is 0.243 e. The van der Waals surface area contributed by atoms with Crippen molar-refractivity contribution < 1.29 is 17.6 Å². The molecular formula is C20H23FN2O3S. The molecule has 0 radical (unpaired) electrons. The third-order valence-electron chi connectivity index (χ3n) is 4.75. The van der Waals surface area contributed by atoms with Crippen molar-refractivity contribution in [2.75, 3.05) is 6.54 Å². The van der Waals surface area contributed by atoms with Crippen molar-refractivity contribution in [3.63, 3.8) is 0 Å². The summed E-state index contributed by atoms with van der Waals surface area (Å²) in [5.41, 5.74) is 0.991. The maximum absolute atomic E-state index is 13.1. The number of carbonyl (C=O) groups is 1. The molecule has 2 aromatic rings. The highest BCUT2D eigenvalue weighted by Crippen LogP contribution is 2.27. The molecule has 1 amide bonds. The molecule has 2 aromatic carbocycles. The van der Waals surface area contributed by atoms with Gasteiger partial charge in [-0.15, -0.1) is 0 Å². The van der Waals surface area contributed by atoms with Gasteiger partial charge >= 0.3 is 0 Å². The van der Waals surface area contributed by atoms with E-state index in [0.717, 1.165) is 30.5 Å². The van der Waals surface area contributed by atoms with Gasteiger partial charge in [-0.1, -0.05) is 36.8 Å². The molecular weight excluding hydrogens is 367 g/mol. The van der Waals surface area contributed by atoms with Crippen LogP contribution in [-0.4, -0.2) is 31.2 Å². The van der Waals surface area contributed by atoms with Crippen LogP contribution in [0.4, 0.5) is 4.39 Å². The van der Waals surface area contributed by atoms with Crippen molar-refractivity contribution in [1.82, 2.24) is 9.62 Å². The summed E-state index contributed by atoms with van der Waals surface area (Å²) in [6.45, 7) is 0.785. The van der Waals surface area contributed by atoms with Crippen molar-refractivity contribution in [3.8, 4) is 0 Å². The van der Waals surface area contributed by atoms with E-state index in [1.165, 1.54) is 16.4 Å². The molecule has 1 aliphatic rings. The van der Waals surface area contributed by atoms with Gasteiger partial charge in [0, 0.05) is 25.6 Å². The Bertz CT molecular complexity index is 870. The van der Waals surface area contributed by atoms with Gasteiger partial charge in [-0.3, -0.25) is 4.79 Å². The number of hydrogen-bond acceptors (Lipinski definition) is 3. The number of hydrogen-bond donors (Lipinski definition) is 1. The molecule has 7 heteroatoms. The van der Waals surface area contributed by atoms with Crippen LogP contribution in [0.2, 0.25) is 0 Å². The standard InChI is InChI=1S/C20H23FN2O3S/c21-17-9-11-19(12-10-17)27(25,26)23-13-5-4-8-18(23)14-20(24)22-15-16-6-2-1-3-7-16/h1-3,6-7,9-12,18H,4-5,8,13-15H2,(H,22,24). The molecule has 0 bridgehead atoms. The van der Waals surface area contributed by atoms with E-state index < -0.39 is 15.8 Å². The molecule has 0 aromatic heterocycles. The van der Waals surface area contributed by atoms with Gasteiger partial charge in [0.1, 0.15) is 5.82 Å². The Morgan fingerprint density at radius 3 is 2.48 bits per heavy atom. The van der Waals surface area contributed by atoms with E-state index in [4.69, 9.17) is 0 Å². The van der Waals surface area contributed by atoms with Crippen LogP contribution in [-0.2, 0) is 21.4 Å². The summed E-state index contributed by atoms with van der Waals surface area (Å²) in [5, 5.41) is 2.86. The van der Waals surface area contributed by atoms with Crippen LogP contribution in [0.5, 0.6) is 0 Å². The van der Waals surface area contributed by atoms with E-state index in [9.17, 15) is 17.6 Å². The number of nitrogens with zero attached hydrogens (tertiary/aromatic N) is 1. The predicted molar refractivity (Wildman–Crippen MR) is 101 cm³/mol. The molecule has 0 spiro atoms. The number of amides is 1. The van der Waals surface area contributed by atoms with Crippen LogP contribution in [0.15, 0.2) is 59.5 Å². The Kier molecular flexibility index (Phi) is 6.23. The summed E-state index contributed by atoms with van der Waals surface area (Å²) >= 11 is 0. The number of halogens is 1. The van der Waals surface area contributed by atoms with Crippen molar-refractivity contribution >= 4 is 15.9 Å². The topological polar surface area (TPSA) is 66.5 Å². The van der Waals surface area contributed by atoms with Gasteiger partial charge in [-0.25, -0.2) is 12.8 Å². The summed E-state index contributed by atoms with van der Waals surface area (Å²) in [6.07, 6.45) is 2.39. The van der Waals surface area contributed by atoms with Gasteiger partial charge in [-0.2, -0.15) is 4.31 Å². The Morgan fingerprint density at radius 2 is 1.78 bits per heavy atom. The van der Waals surface area contributed by atoms with E-state index in [1.807, 2.05) is 30.3 Å². The van der Waals surface area contributed by atoms with Crippen molar-refractivity contribution in [3.05, 3.63) is 66.0 Å². The van der Waals surface area contributed by atoms with Crippen LogP contribution in [0.1, 0.15) is 31.2 Å². The van der Waals surface area contributed by atoms with Crippen molar-refractivity contribution in [2.45, 2.75) is 43.2 Å². The van der Waals surface area contributed by atoms with E-state index >= 15 is 0 Å². The molecule has 1 atom stereocenters. The Labute approximate surface area is 159 Å². The third kappa shape index (κ3) is 4.93. The zero-order chi connectivity index (χ0) is 19.3. The highest BCUT2D eigenvalue weighted by molar-refractivity contribution is 7.89. The normalized spacial score (nSPS) is 18.2. The molecule has 1 N–H and O–H groups in total. The molecule has 5 nitrogen and oxygen atoms in total. The summed E-state index contributed by atoms with van der Waals surface area (Å²) in [4.78, 5) is 12.4. The fourth-order valence-electron chi connectivity index (χ4n) is 3.32. The minimum Gasteiger partial charge on any atom is -0.352 e. The number of benzene rings is 2. The van der Waals surface area contributed by atoms with Gasteiger partial charge in [0.15, 0.2) is 0 Å². The fraction of sp³-hybridized carbons (Fsp3) is 0.350. The number of piperidine rings is 1. The largest absolute Gasteiger partial charge is 0.352 e. The lowest BCUT2D eigenvalue weighted by Crippen LogP contribution is -2.45. The Hall–Kier alpha value is -2.25. The first-order valence-electron chi connectivity index (χ1n) is 9.05. The second-order valence-corrected chi connectivity index (χ2v) is 8.58. The maximum Gasteiger partial charge on any atom is 0.243 e. The van der Waals surface area contributed by atoms with Gasteiger partial charge in [0.05, 0.1) is 4.90 Å². The van der Waals surface area contributed by atoms with Gasteiger partial charge in [0.2, 0.25) is 15.9 Å². The van der Waals surface area contributed by atoms with Crippen LogP contribution < -0.4 is 5.32 Å². The van der Waals surface area contributed by atoms with Gasteiger partial charge < -0.3 is 5.32 Å². The van der Waals surface area contributed by atoms with E-state index in [2.05, 4.69) is 5.32 Å². The third-order valence-corrected chi connectivity index (χ3v) is 6.71. The van der Waals surface area contributed by atoms with Crippen LogP contribution >= 0.6 is 0 Å². The molecule has 0 aliphatic carbocycles. The molecule has 144 valence electrons. The minimum absolute atomic E-state index is 0.0560. The highest BCUT2D eigenvalue weighted by atomic mass is 32.2. The summed E-state index contributed by atoms with van der Waals surface area (Å²) in [5.74, 6) is -0.658. The SMILES string of the molecule is O=C(CC1CCCCN1S(=O)(=O)c1ccc(F)cc1)NCc1ccccc1. The lowest BCUT2D eigenvalue weighted by Gasteiger charge is -2.34. The zero-order valence-corrected chi connectivity index (χ0v) is 15.8. The Morgan fingerprint density at radius 1 is 1.07 bits per heavy atom. The second kappa shape index (κ2) is 8.63. The first-order valence-corrected chi connectivity index (χ1v) is 10.5. The monoisotopic (exact) mass is 390 g/mol. The summed E-state index contributed by atoms with van der Waals surface area (Å²) < 4.78 is 40.4. The summed E-state index contributed by atoms with van der Waals surface area (Å²) in [6, 6.07) is 14.0. The molecule has 27 heavy (non-hydrogen) atoms. The highest BCUT2D eigenvalue weighted by Gasteiger charge is 2.34. The molecule has 0 saturated carbocycles. The molecule has 1 fully saturated rings. The first kappa shape index (κ1) is 19.5. The number of rotatable bonds is 6. The predicted octanol–water partition coefficient (Wildman–Crippen LogP) is 3.08. The van der Waals surface area contributed by atoms with Gasteiger partial charge in [0.25, 0.3) is 0 Å². The van der Waals surface area contributed by atoms with Crippen molar-refractivity contribution in [2.24, 2.45) is 0 Å². The average molecular weight is 390 g/mol. The van der Waals surface area contributed by atoms with Gasteiger partial charge in [-0.05, 0) is 42.7 Å². The van der Waals surface area contributed by atoms with E-state index in [0.29, 0.717) is 19.5 Å². The summed E-state index contributed by atoms with van der Waals surface area (Å²) in [7, 11) is -3.75.